The predicted octanol–water partition coefficient (Wildman–Crippen LogP) is 0.702. The number of carbonyl (C=O) groups is 1. The lowest BCUT2D eigenvalue weighted by Crippen LogP contribution is -2.42. The molecule has 0 bridgehead atoms. The van der Waals surface area contributed by atoms with E-state index in [9.17, 15) is 18.3 Å². The monoisotopic (exact) mass is 349 g/mol. The minimum absolute atomic E-state index is 0.00468. The maximum absolute atomic E-state index is 12.4. The van der Waals surface area contributed by atoms with Gasteiger partial charge in [-0.3, -0.25) is 4.79 Å². The normalized spacial score (nSPS) is 12.7. The highest BCUT2D eigenvalue weighted by Crippen LogP contribution is 2.15. The molecule has 1 atom stereocenters. The van der Waals surface area contributed by atoms with Gasteiger partial charge >= 0.3 is 5.97 Å². The van der Waals surface area contributed by atoms with Gasteiger partial charge in [0.05, 0.1) is 4.90 Å². The number of nitrogens with two attached hydrogens (primary N) is 2. The molecule has 0 saturated carbocycles. The molecule has 0 aliphatic heterocycles. The number of sulfonamides is 1. The maximum atomic E-state index is 12.4. The van der Waals surface area contributed by atoms with E-state index >= 15 is 0 Å². The van der Waals surface area contributed by atoms with E-state index in [2.05, 4.69) is 4.72 Å². The molecule has 0 aliphatic carbocycles. The Hall–Kier alpha value is -2.42. The molecule has 2 aromatic carbocycles. The van der Waals surface area contributed by atoms with Crippen molar-refractivity contribution in [3.63, 3.8) is 0 Å². The van der Waals surface area contributed by atoms with Gasteiger partial charge in [0.25, 0.3) is 0 Å². The highest BCUT2D eigenvalue weighted by Gasteiger charge is 2.25. The number of carboxylic acid groups (broad SMARTS) is 1. The number of rotatable bonds is 7. The topological polar surface area (TPSA) is 136 Å². The number of benzene rings is 2. The van der Waals surface area contributed by atoms with Crippen LogP contribution in [0.1, 0.15) is 11.1 Å². The lowest BCUT2D eigenvalue weighted by atomic mass is 10.0. The Balaban J connectivity index is 2.23. The Morgan fingerprint density at radius 3 is 2.42 bits per heavy atom. The summed E-state index contributed by atoms with van der Waals surface area (Å²) in [6.45, 7) is 0.320. The van der Waals surface area contributed by atoms with E-state index in [0.29, 0.717) is 12.1 Å². The zero-order chi connectivity index (χ0) is 17.7. The van der Waals surface area contributed by atoms with Gasteiger partial charge in [-0.15, -0.1) is 0 Å². The van der Waals surface area contributed by atoms with Crippen LogP contribution < -0.4 is 16.2 Å². The van der Waals surface area contributed by atoms with Crippen molar-refractivity contribution in [1.29, 1.82) is 0 Å². The van der Waals surface area contributed by atoms with Gasteiger partial charge in [-0.05, 0) is 35.7 Å². The molecule has 0 spiro atoms. The standard InChI is InChI=1S/C16H19N3O4S/c17-10-12-4-1-3-11(7-12)8-15(16(20)21)19-24(22,23)14-6-2-5-13(18)9-14/h1-7,9,15,19H,8,10,17-18H2,(H,20,21)/t15-/m0/s1. The second-order valence-electron chi connectivity index (χ2n) is 5.31. The zero-order valence-electron chi connectivity index (χ0n) is 12.8. The number of hydrogen-bond donors (Lipinski definition) is 4. The van der Waals surface area contributed by atoms with E-state index in [1.165, 1.54) is 18.2 Å². The molecule has 0 amide bonds. The number of nitrogens with one attached hydrogen (secondary N) is 1. The van der Waals surface area contributed by atoms with Crippen LogP contribution >= 0.6 is 0 Å². The van der Waals surface area contributed by atoms with Crippen LogP contribution in [0.5, 0.6) is 0 Å². The quantitative estimate of drug-likeness (QED) is 0.543. The molecule has 6 N–H and O–H groups in total. The molecule has 0 radical (unpaired) electrons. The largest absolute Gasteiger partial charge is 0.480 e. The lowest BCUT2D eigenvalue weighted by molar-refractivity contribution is -0.138. The van der Waals surface area contributed by atoms with Crippen LogP contribution in [0.4, 0.5) is 5.69 Å². The minimum atomic E-state index is -4.00. The fourth-order valence-corrected chi connectivity index (χ4v) is 3.48. The summed E-state index contributed by atoms with van der Waals surface area (Å²) >= 11 is 0. The molecule has 0 heterocycles. The first-order chi connectivity index (χ1) is 11.3. The third-order valence-corrected chi connectivity index (χ3v) is 4.90. The highest BCUT2D eigenvalue weighted by atomic mass is 32.2. The molecule has 7 nitrogen and oxygen atoms in total. The third-order valence-electron chi connectivity index (χ3n) is 3.43. The number of aliphatic carboxylic acids is 1. The summed E-state index contributed by atoms with van der Waals surface area (Å²) in [5.74, 6) is -1.26. The van der Waals surface area contributed by atoms with Crippen molar-refractivity contribution in [3.05, 3.63) is 59.7 Å². The van der Waals surface area contributed by atoms with E-state index in [4.69, 9.17) is 11.5 Å². The van der Waals surface area contributed by atoms with Gasteiger partial charge in [0.15, 0.2) is 0 Å². The smallest absolute Gasteiger partial charge is 0.322 e. The molecule has 8 heteroatoms. The van der Waals surface area contributed by atoms with Crippen LogP contribution in [-0.2, 0) is 27.8 Å². The second kappa shape index (κ2) is 7.43. The van der Waals surface area contributed by atoms with Crippen LogP contribution in [0.3, 0.4) is 0 Å². The van der Waals surface area contributed by atoms with Crippen LogP contribution in [0.25, 0.3) is 0 Å². The molecule has 0 unspecified atom stereocenters. The fourth-order valence-electron chi connectivity index (χ4n) is 2.24. The van der Waals surface area contributed by atoms with Gasteiger partial charge in [-0.2, -0.15) is 4.72 Å². The van der Waals surface area contributed by atoms with E-state index in [-0.39, 0.29) is 17.0 Å². The first-order valence-corrected chi connectivity index (χ1v) is 8.68. The van der Waals surface area contributed by atoms with Crippen molar-refractivity contribution in [3.8, 4) is 0 Å². The van der Waals surface area contributed by atoms with E-state index in [0.717, 1.165) is 5.56 Å². The van der Waals surface area contributed by atoms with Gasteiger partial charge in [0.1, 0.15) is 6.04 Å². The average molecular weight is 349 g/mol. The lowest BCUT2D eigenvalue weighted by Gasteiger charge is -2.15. The van der Waals surface area contributed by atoms with Crippen LogP contribution in [-0.4, -0.2) is 25.5 Å². The zero-order valence-corrected chi connectivity index (χ0v) is 13.7. The molecule has 128 valence electrons. The van der Waals surface area contributed by atoms with Crippen molar-refractivity contribution in [2.75, 3.05) is 5.73 Å². The molecular weight excluding hydrogens is 330 g/mol. The van der Waals surface area contributed by atoms with Crippen molar-refractivity contribution >= 4 is 21.7 Å². The predicted molar refractivity (Wildman–Crippen MR) is 90.6 cm³/mol. The number of anilines is 1. The van der Waals surface area contributed by atoms with Gasteiger partial charge in [0.2, 0.25) is 10.0 Å². The van der Waals surface area contributed by atoms with Gasteiger partial charge < -0.3 is 16.6 Å². The molecule has 2 rings (SSSR count). The van der Waals surface area contributed by atoms with Gasteiger partial charge in [0, 0.05) is 12.2 Å². The number of hydrogen-bond acceptors (Lipinski definition) is 5. The molecule has 24 heavy (non-hydrogen) atoms. The SMILES string of the molecule is NCc1cccc(C[C@H](NS(=O)(=O)c2cccc(N)c2)C(=O)O)c1. The summed E-state index contributed by atoms with van der Waals surface area (Å²) in [6.07, 6.45) is 0.00468. The van der Waals surface area contributed by atoms with E-state index in [1.807, 2.05) is 6.07 Å². The maximum Gasteiger partial charge on any atom is 0.322 e. The summed E-state index contributed by atoms with van der Waals surface area (Å²) in [4.78, 5) is 11.4. The Labute approximate surface area is 140 Å². The second-order valence-corrected chi connectivity index (χ2v) is 7.03. The highest BCUT2D eigenvalue weighted by molar-refractivity contribution is 7.89. The minimum Gasteiger partial charge on any atom is -0.480 e. The van der Waals surface area contributed by atoms with Crippen LogP contribution in [0.2, 0.25) is 0 Å². The summed E-state index contributed by atoms with van der Waals surface area (Å²) in [5, 5.41) is 9.35. The molecule has 0 saturated heterocycles. The Kier molecular flexibility index (Phi) is 5.55. The number of carboxylic acids is 1. The summed E-state index contributed by atoms with van der Waals surface area (Å²) in [6, 6.07) is 11.4. The Bertz CT molecular complexity index is 837. The molecule has 0 fully saturated rings. The van der Waals surface area contributed by atoms with Crippen LogP contribution in [0.15, 0.2) is 53.4 Å². The molecule has 0 aromatic heterocycles. The summed E-state index contributed by atoms with van der Waals surface area (Å²) in [5.41, 5.74) is 12.9. The van der Waals surface area contributed by atoms with Crippen LogP contribution in [0, 0.1) is 0 Å². The van der Waals surface area contributed by atoms with Crippen molar-refractivity contribution in [2.24, 2.45) is 5.73 Å². The summed E-state index contributed by atoms with van der Waals surface area (Å²) in [7, 11) is -4.00. The molecule has 2 aromatic rings. The van der Waals surface area contributed by atoms with Gasteiger partial charge in [-0.1, -0.05) is 30.3 Å². The number of nitrogen functional groups attached to an aromatic ring is 1. The Morgan fingerprint density at radius 2 is 1.79 bits per heavy atom. The molecular formula is C16H19N3O4S. The Morgan fingerprint density at radius 1 is 1.12 bits per heavy atom. The summed E-state index contributed by atoms with van der Waals surface area (Å²) < 4.78 is 26.9. The van der Waals surface area contributed by atoms with Crippen molar-refractivity contribution < 1.29 is 18.3 Å². The third kappa shape index (κ3) is 4.54. The van der Waals surface area contributed by atoms with E-state index in [1.54, 1.807) is 24.3 Å². The first kappa shape index (κ1) is 17.9. The molecule has 0 aliphatic rings. The van der Waals surface area contributed by atoms with E-state index < -0.39 is 22.0 Å². The fraction of sp³-hybridized carbons (Fsp3) is 0.188. The van der Waals surface area contributed by atoms with Crippen molar-refractivity contribution in [1.82, 2.24) is 4.72 Å². The first-order valence-electron chi connectivity index (χ1n) is 7.20. The van der Waals surface area contributed by atoms with Crippen molar-refractivity contribution in [2.45, 2.75) is 23.9 Å². The van der Waals surface area contributed by atoms with Gasteiger partial charge in [-0.25, -0.2) is 8.42 Å². The average Bonchev–Trinajstić information content (AvgIpc) is 2.54.